The van der Waals surface area contributed by atoms with Gasteiger partial charge in [0.25, 0.3) is 0 Å². The molecule has 1 saturated heterocycles. The summed E-state index contributed by atoms with van der Waals surface area (Å²) in [6.07, 6.45) is 11.8. The average molecular weight is 304 g/mol. The van der Waals surface area contributed by atoms with Crippen molar-refractivity contribution in [3.63, 3.8) is 0 Å². The number of hydrogen-bond acceptors (Lipinski definition) is 3. The molecule has 1 amide bonds. The third kappa shape index (κ3) is 4.32. The fraction of sp³-hybridized carbons (Fsp3) is 0.765. The largest absolute Gasteiger partial charge is 0.354 e. The summed E-state index contributed by atoms with van der Waals surface area (Å²) in [7, 11) is 0. The maximum absolute atomic E-state index is 12.0. The Hall–Kier alpha value is -1.36. The van der Waals surface area contributed by atoms with Crippen LogP contribution >= 0.6 is 0 Å². The maximum Gasteiger partial charge on any atom is 0.241 e. The van der Waals surface area contributed by atoms with E-state index in [1.807, 2.05) is 4.68 Å². The van der Waals surface area contributed by atoms with E-state index < -0.39 is 0 Å². The summed E-state index contributed by atoms with van der Waals surface area (Å²) in [5.41, 5.74) is 2.54. The van der Waals surface area contributed by atoms with E-state index in [1.54, 1.807) is 0 Å². The first-order valence-electron chi connectivity index (χ1n) is 8.85. The number of nitrogens with one attached hydrogen (secondary N) is 1. The van der Waals surface area contributed by atoms with Crippen LogP contribution in [0.1, 0.15) is 49.8 Å². The minimum Gasteiger partial charge on any atom is -0.354 e. The molecule has 0 saturated carbocycles. The highest BCUT2D eigenvalue weighted by Gasteiger charge is 2.14. The quantitative estimate of drug-likeness (QED) is 0.815. The van der Waals surface area contributed by atoms with E-state index in [1.165, 1.54) is 56.5 Å². The van der Waals surface area contributed by atoms with Crippen molar-refractivity contribution >= 4 is 5.91 Å². The van der Waals surface area contributed by atoms with Crippen LogP contribution in [0.15, 0.2) is 6.20 Å². The van der Waals surface area contributed by atoms with Gasteiger partial charge in [0.1, 0.15) is 6.54 Å². The van der Waals surface area contributed by atoms with Crippen molar-refractivity contribution in [3.05, 3.63) is 17.5 Å². The van der Waals surface area contributed by atoms with Gasteiger partial charge in [0.15, 0.2) is 0 Å². The molecule has 1 aliphatic heterocycles. The molecule has 2 heterocycles. The standard InChI is InChI=1S/C17H28N4O/c22-17(18-9-6-12-20-10-4-1-5-11-20)14-21-13-15-7-2-3-8-16(15)19-21/h13H,1-12,14H2,(H,18,22). The Balaban J connectivity index is 1.34. The topological polar surface area (TPSA) is 50.2 Å². The SMILES string of the molecule is O=C(Cn1cc2c(n1)CCCC2)NCCCN1CCCCC1. The van der Waals surface area contributed by atoms with Crippen LogP contribution in [-0.4, -0.2) is 46.8 Å². The van der Waals surface area contributed by atoms with E-state index in [0.29, 0.717) is 6.54 Å². The summed E-state index contributed by atoms with van der Waals surface area (Å²) in [5, 5.41) is 7.56. The first kappa shape index (κ1) is 15.5. The number of aromatic nitrogens is 2. The Bertz CT molecular complexity index is 467. The van der Waals surface area contributed by atoms with Gasteiger partial charge in [-0.15, -0.1) is 0 Å². The lowest BCUT2D eigenvalue weighted by Gasteiger charge is -2.26. The van der Waals surface area contributed by atoms with E-state index in [9.17, 15) is 4.79 Å². The van der Waals surface area contributed by atoms with E-state index >= 15 is 0 Å². The zero-order valence-corrected chi connectivity index (χ0v) is 13.5. The highest BCUT2D eigenvalue weighted by Crippen LogP contribution is 2.19. The highest BCUT2D eigenvalue weighted by molar-refractivity contribution is 5.75. The van der Waals surface area contributed by atoms with Crippen molar-refractivity contribution < 1.29 is 4.79 Å². The Morgan fingerprint density at radius 1 is 1.14 bits per heavy atom. The lowest BCUT2D eigenvalue weighted by molar-refractivity contribution is -0.121. The number of carbonyl (C=O) groups excluding carboxylic acids is 1. The molecule has 1 aliphatic carbocycles. The number of nitrogens with zero attached hydrogens (tertiary/aromatic N) is 3. The molecule has 5 heteroatoms. The Morgan fingerprint density at radius 2 is 1.95 bits per heavy atom. The zero-order valence-electron chi connectivity index (χ0n) is 13.5. The number of aryl methyl sites for hydroxylation is 2. The summed E-state index contributed by atoms with van der Waals surface area (Å²) < 4.78 is 1.82. The number of fused-ring (bicyclic) bond motifs is 1. The molecule has 22 heavy (non-hydrogen) atoms. The fourth-order valence-corrected chi connectivity index (χ4v) is 3.53. The minimum atomic E-state index is 0.0819. The summed E-state index contributed by atoms with van der Waals surface area (Å²) in [4.78, 5) is 14.5. The van der Waals surface area contributed by atoms with Gasteiger partial charge in [0.2, 0.25) is 5.91 Å². The lowest BCUT2D eigenvalue weighted by Crippen LogP contribution is -2.34. The van der Waals surface area contributed by atoms with Gasteiger partial charge >= 0.3 is 0 Å². The number of rotatable bonds is 6. The molecule has 1 N–H and O–H groups in total. The summed E-state index contributed by atoms with van der Waals surface area (Å²) in [5.74, 6) is 0.0819. The molecule has 1 aromatic rings. The van der Waals surface area contributed by atoms with Crippen LogP contribution in [0.25, 0.3) is 0 Å². The first-order chi connectivity index (χ1) is 10.8. The van der Waals surface area contributed by atoms with Crippen LogP contribution in [0, 0.1) is 0 Å². The zero-order chi connectivity index (χ0) is 15.2. The number of hydrogen-bond donors (Lipinski definition) is 1. The van der Waals surface area contributed by atoms with Gasteiger partial charge in [-0.3, -0.25) is 9.48 Å². The molecule has 0 bridgehead atoms. The fourth-order valence-electron chi connectivity index (χ4n) is 3.53. The van der Waals surface area contributed by atoms with Gasteiger partial charge in [-0.2, -0.15) is 5.10 Å². The molecule has 0 aromatic carbocycles. The molecule has 122 valence electrons. The van der Waals surface area contributed by atoms with Crippen LogP contribution in [0.5, 0.6) is 0 Å². The van der Waals surface area contributed by atoms with Crippen LogP contribution < -0.4 is 5.32 Å². The van der Waals surface area contributed by atoms with Gasteiger partial charge in [-0.25, -0.2) is 0 Å². The molecule has 0 spiro atoms. The van der Waals surface area contributed by atoms with Crippen molar-refractivity contribution in [2.45, 2.75) is 57.9 Å². The monoisotopic (exact) mass is 304 g/mol. The van der Waals surface area contributed by atoms with Crippen molar-refractivity contribution in [2.75, 3.05) is 26.2 Å². The number of carbonyl (C=O) groups is 1. The third-order valence-electron chi connectivity index (χ3n) is 4.76. The molecule has 0 unspecified atom stereocenters. The van der Waals surface area contributed by atoms with Crippen molar-refractivity contribution in [1.29, 1.82) is 0 Å². The third-order valence-corrected chi connectivity index (χ3v) is 4.76. The highest BCUT2D eigenvalue weighted by atomic mass is 16.2. The molecular formula is C17H28N4O. The smallest absolute Gasteiger partial charge is 0.241 e. The number of piperidine rings is 1. The normalized spacial score (nSPS) is 18.9. The van der Waals surface area contributed by atoms with Gasteiger partial charge in [0.05, 0.1) is 5.69 Å². The Kier molecular flexibility index (Phi) is 5.48. The second-order valence-electron chi connectivity index (χ2n) is 6.61. The average Bonchev–Trinajstić information content (AvgIpc) is 2.94. The summed E-state index contributed by atoms with van der Waals surface area (Å²) in [6.45, 7) is 4.70. The molecule has 1 fully saturated rings. The predicted octanol–water partition coefficient (Wildman–Crippen LogP) is 1.75. The Labute approximate surface area is 133 Å². The van der Waals surface area contributed by atoms with Gasteiger partial charge in [-0.05, 0) is 70.1 Å². The summed E-state index contributed by atoms with van der Waals surface area (Å²) in [6, 6.07) is 0. The van der Waals surface area contributed by atoms with E-state index in [2.05, 4.69) is 21.5 Å². The first-order valence-corrected chi connectivity index (χ1v) is 8.85. The van der Waals surface area contributed by atoms with Crippen molar-refractivity contribution in [2.24, 2.45) is 0 Å². The Morgan fingerprint density at radius 3 is 2.77 bits per heavy atom. The molecule has 0 radical (unpaired) electrons. The van der Waals surface area contributed by atoms with Gasteiger partial charge in [0, 0.05) is 12.7 Å². The second-order valence-corrected chi connectivity index (χ2v) is 6.61. The molecule has 2 aliphatic rings. The molecular weight excluding hydrogens is 276 g/mol. The number of likely N-dealkylation sites (tertiary alicyclic amines) is 1. The van der Waals surface area contributed by atoms with Crippen molar-refractivity contribution in [1.82, 2.24) is 20.0 Å². The maximum atomic E-state index is 12.0. The van der Waals surface area contributed by atoms with Crippen LogP contribution in [0.4, 0.5) is 0 Å². The minimum absolute atomic E-state index is 0.0819. The summed E-state index contributed by atoms with van der Waals surface area (Å²) >= 11 is 0. The number of amides is 1. The molecule has 3 rings (SSSR count). The molecule has 0 atom stereocenters. The molecule has 1 aromatic heterocycles. The van der Waals surface area contributed by atoms with Crippen LogP contribution in [0.2, 0.25) is 0 Å². The van der Waals surface area contributed by atoms with Crippen LogP contribution in [0.3, 0.4) is 0 Å². The van der Waals surface area contributed by atoms with Crippen molar-refractivity contribution in [3.8, 4) is 0 Å². The van der Waals surface area contributed by atoms with Crippen LogP contribution in [-0.2, 0) is 24.2 Å². The van der Waals surface area contributed by atoms with E-state index in [4.69, 9.17) is 0 Å². The second kappa shape index (κ2) is 7.77. The van der Waals surface area contributed by atoms with E-state index in [-0.39, 0.29) is 5.91 Å². The molecule has 5 nitrogen and oxygen atoms in total. The van der Waals surface area contributed by atoms with Gasteiger partial charge in [-0.1, -0.05) is 6.42 Å². The van der Waals surface area contributed by atoms with E-state index in [0.717, 1.165) is 32.4 Å². The lowest BCUT2D eigenvalue weighted by atomic mass is 9.99. The predicted molar refractivity (Wildman–Crippen MR) is 86.8 cm³/mol. The van der Waals surface area contributed by atoms with Gasteiger partial charge < -0.3 is 10.2 Å².